The molecule has 108 valence electrons. The number of aryl methyl sites for hydroxylation is 1. The van der Waals surface area contributed by atoms with Crippen molar-refractivity contribution in [2.45, 2.75) is 38.0 Å². The van der Waals surface area contributed by atoms with Crippen LogP contribution in [0.2, 0.25) is 0 Å². The predicted molar refractivity (Wildman–Crippen MR) is 82.4 cm³/mol. The van der Waals surface area contributed by atoms with Crippen LogP contribution in [0, 0.1) is 0 Å². The molecule has 2 N–H and O–H groups in total. The Hall–Kier alpha value is -1.33. The molecule has 0 fully saturated rings. The van der Waals surface area contributed by atoms with Crippen molar-refractivity contribution in [3.8, 4) is 0 Å². The molecule has 1 heterocycles. The van der Waals surface area contributed by atoms with Gasteiger partial charge in [-0.25, -0.2) is 0 Å². The highest BCUT2D eigenvalue weighted by Gasteiger charge is 2.14. The van der Waals surface area contributed by atoms with Gasteiger partial charge < -0.3 is 10.3 Å². The van der Waals surface area contributed by atoms with Crippen LogP contribution in [0.4, 0.5) is 0 Å². The average molecular weight is 291 g/mol. The van der Waals surface area contributed by atoms with Gasteiger partial charge in [-0.1, -0.05) is 42.4 Å². The first kappa shape index (κ1) is 15.1. The normalized spacial score (nSPS) is 12.5. The highest BCUT2D eigenvalue weighted by molar-refractivity contribution is 7.98. The molecule has 1 aromatic carbocycles. The van der Waals surface area contributed by atoms with Crippen LogP contribution in [0.1, 0.15) is 43.1 Å². The Morgan fingerprint density at radius 3 is 2.85 bits per heavy atom. The van der Waals surface area contributed by atoms with Gasteiger partial charge in [0.1, 0.15) is 0 Å². The lowest BCUT2D eigenvalue weighted by molar-refractivity contribution is 0.346. The van der Waals surface area contributed by atoms with Crippen LogP contribution in [-0.2, 0) is 12.2 Å². The molecule has 1 aromatic heterocycles. The topological polar surface area (TPSA) is 64.9 Å². The summed E-state index contributed by atoms with van der Waals surface area (Å²) >= 11 is 1.82. The van der Waals surface area contributed by atoms with Crippen molar-refractivity contribution in [1.82, 2.24) is 10.1 Å². The van der Waals surface area contributed by atoms with E-state index in [1.165, 1.54) is 5.56 Å². The van der Waals surface area contributed by atoms with Crippen LogP contribution >= 0.6 is 11.8 Å². The molecule has 0 aliphatic rings. The van der Waals surface area contributed by atoms with Crippen molar-refractivity contribution in [3.63, 3.8) is 0 Å². The molecule has 0 saturated heterocycles. The zero-order valence-corrected chi connectivity index (χ0v) is 12.6. The van der Waals surface area contributed by atoms with Gasteiger partial charge in [0.05, 0.1) is 11.8 Å². The van der Waals surface area contributed by atoms with E-state index in [1.54, 1.807) is 0 Å². The highest BCUT2D eigenvalue weighted by Crippen LogP contribution is 2.17. The zero-order chi connectivity index (χ0) is 14.2. The van der Waals surface area contributed by atoms with E-state index in [0.29, 0.717) is 5.89 Å². The second kappa shape index (κ2) is 8.07. The van der Waals surface area contributed by atoms with Crippen molar-refractivity contribution in [1.29, 1.82) is 0 Å². The highest BCUT2D eigenvalue weighted by atomic mass is 32.2. The Morgan fingerprint density at radius 1 is 1.30 bits per heavy atom. The standard InChI is InChI=1S/C15H21N3OS/c1-2-10-20-11-14-17-15(19-18-14)13(16)9-8-12-6-4-3-5-7-12/h3-7,13H,2,8-11,16H2,1H3/t13-/m0/s1. The molecule has 0 bridgehead atoms. The summed E-state index contributed by atoms with van der Waals surface area (Å²) in [7, 11) is 0. The van der Waals surface area contributed by atoms with Gasteiger partial charge in [0.2, 0.25) is 5.89 Å². The Morgan fingerprint density at radius 2 is 2.10 bits per heavy atom. The maximum Gasteiger partial charge on any atom is 0.243 e. The Bertz CT molecular complexity index is 501. The number of aromatic nitrogens is 2. The summed E-state index contributed by atoms with van der Waals surface area (Å²) in [5.41, 5.74) is 7.39. The van der Waals surface area contributed by atoms with E-state index in [2.05, 4.69) is 29.2 Å². The van der Waals surface area contributed by atoms with Gasteiger partial charge in [0.25, 0.3) is 0 Å². The van der Waals surface area contributed by atoms with Gasteiger partial charge in [-0.3, -0.25) is 0 Å². The maximum atomic E-state index is 6.11. The monoisotopic (exact) mass is 291 g/mol. The summed E-state index contributed by atoms with van der Waals surface area (Å²) in [5, 5.41) is 3.98. The van der Waals surface area contributed by atoms with Gasteiger partial charge in [-0.2, -0.15) is 16.7 Å². The molecule has 4 nitrogen and oxygen atoms in total. The van der Waals surface area contributed by atoms with Crippen molar-refractivity contribution < 1.29 is 4.52 Å². The lowest BCUT2D eigenvalue weighted by Crippen LogP contribution is -2.11. The first-order valence-corrected chi connectivity index (χ1v) is 8.14. The molecule has 2 aromatic rings. The van der Waals surface area contributed by atoms with E-state index in [0.717, 1.165) is 36.6 Å². The van der Waals surface area contributed by atoms with Crippen LogP contribution < -0.4 is 5.73 Å². The third kappa shape index (κ3) is 4.65. The molecule has 0 aliphatic carbocycles. The van der Waals surface area contributed by atoms with Crippen LogP contribution in [-0.4, -0.2) is 15.9 Å². The molecule has 20 heavy (non-hydrogen) atoms. The molecule has 0 unspecified atom stereocenters. The second-order valence-corrected chi connectivity index (χ2v) is 5.84. The quantitative estimate of drug-likeness (QED) is 0.756. The van der Waals surface area contributed by atoms with E-state index < -0.39 is 0 Å². The van der Waals surface area contributed by atoms with Crippen LogP contribution in [0.25, 0.3) is 0 Å². The van der Waals surface area contributed by atoms with E-state index in [-0.39, 0.29) is 6.04 Å². The molecular formula is C15H21N3OS. The van der Waals surface area contributed by atoms with Gasteiger partial charge in [-0.05, 0) is 30.6 Å². The first-order valence-electron chi connectivity index (χ1n) is 6.99. The number of hydrogen-bond donors (Lipinski definition) is 1. The van der Waals surface area contributed by atoms with Gasteiger partial charge in [0, 0.05) is 0 Å². The van der Waals surface area contributed by atoms with Gasteiger partial charge in [0.15, 0.2) is 5.82 Å². The minimum atomic E-state index is -0.187. The van der Waals surface area contributed by atoms with Crippen molar-refractivity contribution in [3.05, 3.63) is 47.6 Å². The van der Waals surface area contributed by atoms with E-state index in [1.807, 2.05) is 30.0 Å². The third-order valence-corrected chi connectivity index (χ3v) is 4.13. The summed E-state index contributed by atoms with van der Waals surface area (Å²) in [6.45, 7) is 2.16. The molecule has 1 atom stereocenters. The molecule has 0 aliphatic heterocycles. The lowest BCUT2D eigenvalue weighted by Gasteiger charge is -2.06. The summed E-state index contributed by atoms with van der Waals surface area (Å²) in [5.74, 6) is 3.20. The van der Waals surface area contributed by atoms with Crippen LogP contribution in [0.3, 0.4) is 0 Å². The minimum absolute atomic E-state index is 0.187. The third-order valence-electron chi connectivity index (χ3n) is 2.97. The summed E-state index contributed by atoms with van der Waals surface area (Å²) < 4.78 is 5.25. The van der Waals surface area contributed by atoms with Crippen LogP contribution in [0.5, 0.6) is 0 Å². The molecule has 5 heteroatoms. The Labute approximate surface area is 124 Å². The van der Waals surface area contributed by atoms with Crippen molar-refractivity contribution in [2.24, 2.45) is 5.73 Å². The fourth-order valence-electron chi connectivity index (χ4n) is 1.87. The molecular weight excluding hydrogens is 270 g/mol. The summed E-state index contributed by atoms with van der Waals surface area (Å²) in [6.07, 6.45) is 2.89. The molecule has 0 amide bonds. The average Bonchev–Trinajstić information content (AvgIpc) is 2.95. The SMILES string of the molecule is CCCSCc1noc([C@@H](N)CCc2ccccc2)n1. The first-order chi connectivity index (χ1) is 9.79. The van der Waals surface area contributed by atoms with Crippen molar-refractivity contribution >= 4 is 11.8 Å². The molecule has 0 saturated carbocycles. The molecule has 2 rings (SSSR count). The number of rotatable bonds is 8. The summed E-state index contributed by atoms with van der Waals surface area (Å²) in [4.78, 5) is 4.37. The minimum Gasteiger partial charge on any atom is -0.338 e. The zero-order valence-electron chi connectivity index (χ0n) is 11.8. The number of nitrogens with two attached hydrogens (primary N) is 1. The van der Waals surface area contributed by atoms with Gasteiger partial charge >= 0.3 is 0 Å². The fourth-order valence-corrected chi connectivity index (χ4v) is 2.61. The number of nitrogens with zero attached hydrogens (tertiary/aromatic N) is 2. The fraction of sp³-hybridized carbons (Fsp3) is 0.467. The van der Waals surface area contributed by atoms with E-state index >= 15 is 0 Å². The summed E-state index contributed by atoms with van der Waals surface area (Å²) in [6, 6.07) is 10.1. The Balaban J connectivity index is 1.81. The van der Waals surface area contributed by atoms with Crippen LogP contribution in [0.15, 0.2) is 34.9 Å². The second-order valence-electron chi connectivity index (χ2n) is 4.73. The molecule has 0 spiro atoms. The number of hydrogen-bond acceptors (Lipinski definition) is 5. The predicted octanol–water partition coefficient (Wildman–Crippen LogP) is 3.35. The smallest absolute Gasteiger partial charge is 0.243 e. The van der Waals surface area contributed by atoms with E-state index in [4.69, 9.17) is 10.3 Å². The lowest BCUT2D eigenvalue weighted by atomic mass is 10.1. The maximum absolute atomic E-state index is 6.11. The number of thioether (sulfide) groups is 1. The van der Waals surface area contributed by atoms with Gasteiger partial charge in [-0.15, -0.1) is 0 Å². The number of benzene rings is 1. The molecule has 0 radical (unpaired) electrons. The van der Waals surface area contributed by atoms with E-state index in [9.17, 15) is 0 Å². The largest absolute Gasteiger partial charge is 0.338 e. The van der Waals surface area contributed by atoms with Crippen molar-refractivity contribution in [2.75, 3.05) is 5.75 Å². The Kier molecular flexibility index (Phi) is 6.08.